The van der Waals surface area contributed by atoms with Gasteiger partial charge in [-0.3, -0.25) is 0 Å². The number of nitrogens with one attached hydrogen (secondary N) is 1. The van der Waals surface area contributed by atoms with Crippen LogP contribution in [0.4, 0.5) is 0 Å². The zero-order valence-corrected chi connectivity index (χ0v) is 11.3. The van der Waals surface area contributed by atoms with E-state index in [0.717, 1.165) is 12.8 Å². The Morgan fingerprint density at radius 3 is 2.61 bits per heavy atom. The van der Waals surface area contributed by atoms with Crippen LogP contribution in [0, 0.1) is 0 Å². The van der Waals surface area contributed by atoms with Crippen LogP contribution in [0.15, 0.2) is 23.2 Å². The van der Waals surface area contributed by atoms with E-state index in [-0.39, 0.29) is 16.6 Å². The largest absolute Gasteiger partial charge is 0.389 e. The number of halogens is 1. The van der Waals surface area contributed by atoms with Gasteiger partial charge in [0.25, 0.3) is 0 Å². The molecule has 0 aromatic carbocycles. The predicted molar refractivity (Wildman–Crippen MR) is 67.9 cm³/mol. The van der Waals surface area contributed by atoms with Crippen LogP contribution in [-0.2, 0) is 10.0 Å². The summed E-state index contributed by atoms with van der Waals surface area (Å²) in [4.78, 5) is 3.78. The van der Waals surface area contributed by atoms with E-state index in [2.05, 4.69) is 9.71 Å². The summed E-state index contributed by atoms with van der Waals surface area (Å²) in [6, 6.07) is 2.80. The molecule has 0 atom stereocenters. The molecule has 100 valence electrons. The molecule has 1 aromatic heterocycles. The predicted octanol–water partition coefficient (Wildman–Crippen LogP) is 1.32. The molecule has 1 saturated carbocycles. The van der Waals surface area contributed by atoms with Gasteiger partial charge in [-0.25, -0.2) is 18.1 Å². The second kappa shape index (κ2) is 5.13. The SMILES string of the molecule is O=S(=O)(NCC1(O)CCCC1)c1ccc(Cl)nc1. The Balaban J connectivity index is 2.05. The Morgan fingerprint density at radius 2 is 2.06 bits per heavy atom. The van der Waals surface area contributed by atoms with E-state index in [1.807, 2.05) is 0 Å². The highest BCUT2D eigenvalue weighted by Crippen LogP contribution is 2.29. The fourth-order valence-corrected chi connectivity index (χ4v) is 3.22. The molecule has 0 radical (unpaired) electrons. The lowest BCUT2D eigenvalue weighted by Crippen LogP contribution is -2.40. The van der Waals surface area contributed by atoms with Crippen molar-refractivity contribution in [3.8, 4) is 0 Å². The highest BCUT2D eigenvalue weighted by molar-refractivity contribution is 7.89. The molecule has 5 nitrogen and oxygen atoms in total. The van der Waals surface area contributed by atoms with Crippen LogP contribution in [0.2, 0.25) is 5.15 Å². The molecule has 0 saturated heterocycles. The minimum atomic E-state index is -3.63. The lowest BCUT2D eigenvalue weighted by molar-refractivity contribution is 0.0532. The number of sulfonamides is 1. The van der Waals surface area contributed by atoms with Crippen molar-refractivity contribution in [2.45, 2.75) is 36.2 Å². The fraction of sp³-hybridized carbons (Fsp3) is 0.545. The maximum atomic E-state index is 11.9. The van der Waals surface area contributed by atoms with Gasteiger partial charge in [0, 0.05) is 12.7 Å². The summed E-state index contributed by atoms with van der Waals surface area (Å²) in [5.74, 6) is 0. The minimum Gasteiger partial charge on any atom is -0.389 e. The van der Waals surface area contributed by atoms with Gasteiger partial charge in [0.1, 0.15) is 10.0 Å². The molecular weight excluding hydrogens is 276 g/mol. The third kappa shape index (κ3) is 3.20. The van der Waals surface area contributed by atoms with Gasteiger partial charge < -0.3 is 5.11 Å². The molecule has 7 heteroatoms. The van der Waals surface area contributed by atoms with Gasteiger partial charge in [0.05, 0.1) is 5.60 Å². The summed E-state index contributed by atoms with van der Waals surface area (Å²) in [5, 5.41) is 10.3. The van der Waals surface area contributed by atoms with Crippen molar-refractivity contribution in [3.05, 3.63) is 23.5 Å². The number of hydrogen-bond acceptors (Lipinski definition) is 4. The van der Waals surface area contributed by atoms with Gasteiger partial charge in [-0.15, -0.1) is 0 Å². The molecule has 0 spiro atoms. The van der Waals surface area contributed by atoms with Crippen molar-refractivity contribution in [1.82, 2.24) is 9.71 Å². The molecule has 1 aromatic rings. The number of aromatic nitrogens is 1. The molecule has 1 aliphatic rings. The van der Waals surface area contributed by atoms with Crippen molar-refractivity contribution in [2.24, 2.45) is 0 Å². The van der Waals surface area contributed by atoms with Crippen LogP contribution in [0.25, 0.3) is 0 Å². The quantitative estimate of drug-likeness (QED) is 0.820. The highest BCUT2D eigenvalue weighted by atomic mass is 35.5. The van der Waals surface area contributed by atoms with Gasteiger partial charge in [0.2, 0.25) is 10.0 Å². The first-order valence-corrected chi connectivity index (χ1v) is 7.61. The number of hydrogen-bond donors (Lipinski definition) is 2. The molecule has 1 fully saturated rings. The molecular formula is C11H15ClN2O3S. The smallest absolute Gasteiger partial charge is 0.242 e. The topological polar surface area (TPSA) is 79.3 Å². The van der Waals surface area contributed by atoms with E-state index >= 15 is 0 Å². The number of nitrogens with zero attached hydrogens (tertiary/aromatic N) is 1. The van der Waals surface area contributed by atoms with Gasteiger partial charge >= 0.3 is 0 Å². The van der Waals surface area contributed by atoms with Crippen LogP contribution in [-0.4, -0.2) is 30.7 Å². The second-order valence-electron chi connectivity index (χ2n) is 4.57. The zero-order chi connectivity index (χ0) is 13.2. The molecule has 1 aliphatic carbocycles. The third-order valence-electron chi connectivity index (χ3n) is 3.14. The van der Waals surface area contributed by atoms with Gasteiger partial charge in [-0.2, -0.15) is 0 Å². The van der Waals surface area contributed by atoms with Crippen molar-refractivity contribution < 1.29 is 13.5 Å². The summed E-state index contributed by atoms with van der Waals surface area (Å²) >= 11 is 5.60. The van der Waals surface area contributed by atoms with Crippen LogP contribution in [0.5, 0.6) is 0 Å². The Kier molecular flexibility index (Phi) is 3.91. The van der Waals surface area contributed by atoms with E-state index < -0.39 is 15.6 Å². The third-order valence-corrected chi connectivity index (χ3v) is 4.75. The molecule has 0 unspecified atom stereocenters. The molecule has 0 amide bonds. The van der Waals surface area contributed by atoms with Crippen molar-refractivity contribution >= 4 is 21.6 Å². The van der Waals surface area contributed by atoms with Crippen LogP contribution in [0.1, 0.15) is 25.7 Å². The average Bonchev–Trinajstić information content (AvgIpc) is 2.75. The van der Waals surface area contributed by atoms with E-state index in [9.17, 15) is 13.5 Å². The lowest BCUT2D eigenvalue weighted by atomic mass is 10.0. The van der Waals surface area contributed by atoms with Crippen LogP contribution < -0.4 is 4.72 Å². The number of pyridine rings is 1. The monoisotopic (exact) mass is 290 g/mol. The van der Waals surface area contributed by atoms with Crippen molar-refractivity contribution in [2.75, 3.05) is 6.54 Å². The van der Waals surface area contributed by atoms with E-state index in [0.29, 0.717) is 12.8 Å². The summed E-state index contributed by atoms with van der Waals surface area (Å²) in [7, 11) is -3.63. The summed E-state index contributed by atoms with van der Waals surface area (Å²) in [5.41, 5.74) is -0.910. The van der Waals surface area contributed by atoms with E-state index in [4.69, 9.17) is 11.6 Å². The Hall–Kier alpha value is -0.690. The van der Waals surface area contributed by atoms with Crippen molar-refractivity contribution in [1.29, 1.82) is 0 Å². The first kappa shape index (κ1) is 13.7. The van der Waals surface area contributed by atoms with Gasteiger partial charge in [-0.05, 0) is 25.0 Å². The number of rotatable bonds is 4. The second-order valence-corrected chi connectivity index (χ2v) is 6.73. The maximum absolute atomic E-state index is 11.9. The van der Waals surface area contributed by atoms with E-state index in [1.54, 1.807) is 0 Å². The Morgan fingerprint density at radius 1 is 1.39 bits per heavy atom. The molecule has 2 rings (SSSR count). The first-order valence-electron chi connectivity index (χ1n) is 5.75. The summed E-state index contributed by atoms with van der Waals surface area (Å²) in [6.45, 7) is 0.0396. The molecule has 0 aliphatic heterocycles. The van der Waals surface area contributed by atoms with Gasteiger partial charge in [-0.1, -0.05) is 24.4 Å². The van der Waals surface area contributed by atoms with Crippen LogP contribution >= 0.6 is 11.6 Å². The summed E-state index contributed by atoms with van der Waals surface area (Å²) < 4.78 is 26.3. The first-order chi connectivity index (χ1) is 8.41. The van der Waals surface area contributed by atoms with Crippen molar-refractivity contribution in [3.63, 3.8) is 0 Å². The molecule has 1 heterocycles. The maximum Gasteiger partial charge on any atom is 0.242 e. The highest BCUT2D eigenvalue weighted by Gasteiger charge is 2.32. The Labute approximate surface area is 111 Å². The number of aliphatic hydroxyl groups is 1. The average molecular weight is 291 g/mol. The molecule has 2 N–H and O–H groups in total. The zero-order valence-electron chi connectivity index (χ0n) is 9.76. The standard InChI is InChI=1S/C11H15ClN2O3S/c12-10-4-3-9(7-13-10)18(16,17)14-8-11(15)5-1-2-6-11/h3-4,7,14-15H,1-2,5-6,8H2. The van der Waals surface area contributed by atoms with Crippen LogP contribution in [0.3, 0.4) is 0 Å². The fourth-order valence-electron chi connectivity index (χ4n) is 2.04. The summed E-state index contributed by atoms with van der Waals surface area (Å²) in [6.07, 6.45) is 4.33. The normalized spacial score (nSPS) is 19.0. The molecule has 18 heavy (non-hydrogen) atoms. The van der Waals surface area contributed by atoms with E-state index in [1.165, 1.54) is 18.3 Å². The Bertz CT molecular complexity index is 510. The lowest BCUT2D eigenvalue weighted by Gasteiger charge is -2.22. The van der Waals surface area contributed by atoms with Gasteiger partial charge in [0.15, 0.2) is 0 Å². The molecule has 0 bridgehead atoms. The minimum absolute atomic E-state index is 0.0396.